The van der Waals surface area contributed by atoms with Crippen molar-refractivity contribution < 1.29 is 9.90 Å². The standard InChI is InChI=1S/C16H23NO2/c1-12-9-10-13(11-15(12)18)16(19)17(2)14-7-5-3-4-6-8-14/h9-11,14,18H,3-8H2,1-2H3. The van der Waals surface area contributed by atoms with Crippen molar-refractivity contribution in [3.05, 3.63) is 29.3 Å². The third-order valence-electron chi connectivity index (χ3n) is 4.15. The number of carbonyl (C=O) groups excluding carboxylic acids is 1. The van der Waals surface area contributed by atoms with Crippen molar-refractivity contribution in [2.75, 3.05) is 7.05 Å². The lowest BCUT2D eigenvalue weighted by Crippen LogP contribution is -2.36. The molecule has 0 bridgehead atoms. The van der Waals surface area contributed by atoms with Gasteiger partial charge in [0, 0.05) is 18.7 Å². The van der Waals surface area contributed by atoms with Crippen LogP contribution in [-0.4, -0.2) is 29.0 Å². The molecule has 3 nitrogen and oxygen atoms in total. The molecule has 0 unspecified atom stereocenters. The fourth-order valence-electron chi connectivity index (χ4n) is 2.76. The molecule has 1 amide bonds. The van der Waals surface area contributed by atoms with Gasteiger partial charge in [-0.2, -0.15) is 0 Å². The average molecular weight is 261 g/mol. The molecule has 0 spiro atoms. The first-order valence-corrected chi connectivity index (χ1v) is 7.16. The van der Waals surface area contributed by atoms with E-state index >= 15 is 0 Å². The predicted molar refractivity (Wildman–Crippen MR) is 76.4 cm³/mol. The highest BCUT2D eigenvalue weighted by Gasteiger charge is 2.22. The summed E-state index contributed by atoms with van der Waals surface area (Å²) in [5.41, 5.74) is 1.38. The van der Waals surface area contributed by atoms with Crippen molar-refractivity contribution in [1.82, 2.24) is 4.90 Å². The van der Waals surface area contributed by atoms with Crippen molar-refractivity contribution >= 4 is 5.91 Å². The van der Waals surface area contributed by atoms with E-state index in [4.69, 9.17) is 0 Å². The molecule has 0 radical (unpaired) electrons. The Kier molecular flexibility index (Phi) is 4.46. The Labute approximate surface area is 115 Å². The first-order valence-electron chi connectivity index (χ1n) is 7.16. The molecule has 0 heterocycles. The normalized spacial score (nSPS) is 16.9. The maximum atomic E-state index is 12.4. The van der Waals surface area contributed by atoms with E-state index in [0.717, 1.165) is 18.4 Å². The van der Waals surface area contributed by atoms with Crippen LogP contribution >= 0.6 is 0 Å². The van der Waals surface area contributed by atoms with Crippen LogP contribution in [0.2, 0.25) is 0 Å². The van der Waals surface area contributed by atoms with Gasteiger partial charge in [-0.05, 0) is 37.5 Å². The first-order chi connectivity index (χ1) is 9.09. The Balaban J connectivity index is 2.10. The lowest BCUT2D eigenvalue weighted by atomic mass is 10.1. The van der Waals surface area contributed by atoms with Crippen molar-refractivity contribution in [1.29, 1.82) is 0 Å². The molecule has 0 aliphatic heterocycles. The minimum Gasteiger partial charge on any atom is -0.508 e. The second-order valence-electron chi connectivity index (χ2n) is 5.56. The lowest BCUT2D eigenvalue weighted by Gasteiger charge is -2.27. The Morgan fingerprint density at radius 2 is 1.84 bits per heavy atom. The number of aryl methyl sites for hydroxylation is 1. The predicted octanol–water partition coefficient (Wildman–Crippen LogP) is 3.50. The summed E-state index contributed by atoms with van der Waals surface area (Å²) in [7, 11) is 1.88. The molecule has 0 aromatic heterocycles. The summed E-state index contributed by atoms with van der Waals surface area (Å²) in [6.45, 7) is 1.83. The van der Waals surface area contributed by atoms with Gasteiger partial charge in [-0.15, -0.1) is 0 Å². The smallest absolute Gasteiger partial charge is 0.253 e. The Hall–Kier alpha value is -1.51. The molecule has 1 aliphatic rings. The minimum absolute atomic E-state index is 0.0159. The molecule has 1 N–H and O–H groups in total. The zero-order valence-corrected chi connectivity index (χ0v) is 11.9. The van der Waals surface area contributed by atoms with E-state index in [1.165, 1.54) is 25.7 Å². The average Bonchev–Trinajstić information content (AvgIpc) is 2.69. The van der Waals surface area contributed by atoms with E-state index in [1.54, 1.807) is 18.2 Å². The molecule has 19 heavy (non-hydrogen) atoms. The Morgan fingerprint density at radius 3 is 2.42 bits per heavy atom. The second-order valence-corrected chi connectivity index (χ2v) is 5.56. The number of nitrogens with zero attached hydrogens (tertiary/aromatic N) is 1. The first kappa shape index (κ1) is 13.9. The summed E-state index contributed by atoms with van der Waals surface area (Å²) in [5, 5.41) is 9.72. The van der Waals surface area contributed by atoms with Gasteiger partial charge in [0.1, 0.15) is 5.75 Å². The van der Waals surface area contributed by atoms with E-state index in [9.17, 15) is 9.90 Å². The summed E-state index contributed by atoms with van der Waals surface area (Å²) in [4.78, 5) is 14.3. The van der Waals surface area contributed by atoms with Gasteiger partial charge in [-0.25, -0.2) is 0 Å². The number of benzene rings is 1. The molecule has 104 valence electrons. The van der Waals surface area contributed by atoms with Crippen LogP contribution in [0.5, 0.6) is 5.75 Å². The molecule has 1 fully saturated rings. The van der Waals surface area contributed by atoms with E-state index in [-0.39, 0.29) is 11.7 Å². The molecule has 1 aliphatic carbocycles. The largest absolute Gasteiger partial charge is 0.508 e. The number of hydrogen-bond acceptors (Lipinski definition) is 2. The van der Waals surface area contributed by atoms with Crippen molar-refractivity contribution in [2.45, 2.75) is 51.5 Å². The fraction of sp³-hybridized carbons (Fsp3) is 0.562. The summed E-state index contributed by atoms with van der Waals surface area (Å²) in [6, 6.07) is 5.51. The Morgan fingerprint density at radius 1 is 1.21 bits per heavy atom. The van der Waals surface area contributed by atoms with Crippen LogP contribution < -0.4 is 0 Å². The van der Waals surface area contributed by atoms with Gasteiger partial charge in [0.25, 0.3) is 5.91 Å². The minimum atomic E-state index is 0.0159. The van der Waals surface area contributed by atoms with E-state index < -0.39 is 0 Å². The molecule has 0 saturated heterocycles. The van der Waals surface area contributed by atoms with Gasteiger partial charge in [0.05, 0.1) is 0 Å². The van der Waals surface area contributed by atoms with Gasteiger partial charge in [0.15, 0.2) is 0 Å². The number of phenolic OH excluding ortho intramolecular Hbond substituents is 1. The van der Waals surface area contributed by atoms with Crippen molar-refractivity contribution in [2.24, 2.45) is 0 Å². The van der Waals surface area contributed by atoms with Gasteiger partial charge < -0.3 is 10.0 Å². The number of rotatable bonds is 2. The van der Waals surface area contributed by atoms with Crippen LogP contribution in [0.4, 0.5) is 0 Å². The number of aromatic hydroxyl groups is 1. The second kappa shape index (κ2) is 6.09. The summed E-state index contributed by atoms with van der Waals surface area (Å²) in [6.07, 6.45) is 7.18. The van der Waals surface area contributed by atoms with Crippen LogP contribution in [0.3, 0.4) is 0 Å². The van der Waals surface area contributed by atoms with Crippen LogP contribution in [-0.2, 0) is 0 Å². The summed E-state index contributed by atoms with van der Waals surface area (Å²) >= 11 is 0. The van der Waals surface area contributed by atoms with Gasteiger partial charge >= 0.3 is 0 Å². The highest BCUT2D eigenvalue weighted by Crippen LogP contribution is 2.24. The molecule has 3 heteroatoms. The molecule has 0 atom stereocenters. The lowest BCUT2D eigenvalue weighted by molar-refractivity contribution is 0.0717. The summed E-state index contributed by atoms with van der Waals surface area (Å²) in [5.74, 6) is 0.210. The van der Waals surface area contributed by atoms with Gasteiger partial charge in [-0.3, -0.25) is 4.79 Å². The van der Waals surface area contributed by atoms with Crippen molar-refractivity contribution in [3.63, 3.8) is 0 Å². The van der Waals surface area contributed by atoms with E-state index in [2.05, 4.69) is 0 Å². The van der Waals surface area contributed by atoms with E-state index in [1.807, 2.05) is 18.9 Å². The maximum Gasteiger partial charge on any atom is 0.253 e. The monoisotopic (exact) mass is 261 g/mol. The van der Waals surface area contributed by atoms with Gasteiger partial charge in [0.2, 0.25) is 0 Å². The van der Waals surface area contributed by atoms with Gasteiger partial charge in [-0.1, -0.05) is 31.7 Å². The van der Waals surface area contributed by atoms with Crippen LogP contribution in [0.25, 0.3) is 0 Å². The third-order valence-corrected chi connectivity index (χ3v) is 4.15. The molecule has 1 aromatic carbocycles. The molecule has 1 aromatic rings. The zero-order chi connectivity index (χ0) is 13.8. The van der Waals surface area contributed by atoms with Crippen LogP contribution in [0.15, 0.2) is 18.2 Å². The van der Waals surface area contributed by atoms with E-state index in [0.29, 0.717) is 11.6 Å². The van der Waals surface area contributed by atoms with Crippen LogP contribution in [0.1, 0.15) is 54.4 Å². The van der Waals surface area contributed by atoms with Crippen LogP contribution in [0, 0.1) is 6.92 Å². The Bertz CT molecular complexity index is 448. The SMILES string of the molecule is Cc1ccc(C(=O)N(C)C2CCCCCC2)cc1O. The summed E-state index contributed by atoms with van der Waals surface area (Å²) < 4.78 is 0. The quantitative estimate of drug-likeness (QED) is 0.828. The fourth-order valence-corrected chi connectivity index (χ4v) is 2.76. The molecular formula is C16H23NO2. The number of amides is 1. The third kappa shape index (κ3) is 3.28. The highest BCUT2D eigenvalue weighted by molar-refractivity contribution is 5.94. The number of hydrogen-bond donors (Lipinski definition) is 1. The highest BCUT2D eigenvalue weighted by atomic mass is 16.3. The number of carbonyl (C=O) groups is 1. The molecule has 2 rings (SSSR count). The maximum absolute atomic E-state index is 12.4. The molecular weight excluding hydrogens is 238 g/mol. The number of phenols is 1. The zero-order valence-electron chi connectivity index (χ0n) is 11.9. The van der Waals surface area contributed by atoms with Crippen molar-refractivity contribution in [3.8, 4) is 5.75 Å². The topological polar surface area (TPSA) is 40.5 Å². The molecule has 1 saturated carbocycles.